The number of rotatable bonds is 3. The lowest BCUT2D eigenvalue weighted by Gasteiger charge is -2.33. The molecule has 96 valence electrons. The lowest BCUT2D eigenvalue weighted by Crippen LogP contribution is -2.54. The molecule has 1 aromatic rings. The maximum Gasteiger partial charge on any atom is 0.281 e. The van der Waals surface area contributed by atoms with Crippen LogP contribution in [0.15, 0.2) is 24.3 Å². The fourth-order valence-electron chi connectivity index (χ4n) is 2.39. The van der Waals surface area contributed by atoms with Crippen LogP contribution in [0.4, 0.5) is 5.69 Å². The highest BCUT2D eigenvalue weighted by Gasteiger charge is 2.44. The molecule has 2 rings (SSSR count). The number of nitrogens with zero attached hydrogens (tertiary/aromatic N) is 2. The number of para-hydroxylation sites is 1. The number of anilines is 1. The van der Waals surface area contributed by atoms with Crippen molar-refractivity contribution in [2.75, 3.05) is 26.2 Å². The second-order valence-corrected chi connectivity index (χ2v) is 5.37. The van der Waals surface area contributed by atoms with E-state index in [1.807, 2.05) is 45.4 Å². The third-order valence-corrected chi connectivity index (χ3v) is 3.05. The first-order valence-electron chi connectivity index (χ1n) is 5.85. The summed E-state index contributed by atoms with van der Waals surface area (Å²) in [6, 6.07) is 7.55. The van der Waals surface area contributed by atoms with Crippen LogP contribution in [0, 0.1) is 0 Å². The average molecular weight is 248 g/mol. The number of amides is 2. The third-order valence-electron chi connectivity index (χ3n) is 3.05. The van der Waals surface area contributed by atoms with Gasteiger partial charge in [-0.25, -0.2) is 4.59 Å². The molecule has 1 atom stereocenters. The van der Waals surface area contributed by atoms with Crippen molar-refractivity contribution in [3.05, 3.63) is 29.8 Å². The van der Waals surface area contributed by atoms with Gasteiger partial charge in [-0.05, 0) is 11.6 Å². The molecule has 0 aromatic heterocycles. The van der Waals surface area contributed by atoms with Crippen molar-refractivity contribution in [2.45, 2.75) is 12.3 Å². The molecule has 5 nitrogen and oxygen atoms in total. The molecule has 18 heavy (non-hydrogen) atoms. The van der Waals surface area contributed by atoms with Gasteiger partial charge in [-0.2, -0.15) is 5.01 Å². The largest absolute Gasteiger partial charge is 0.370 e. The monoisotopic (exact) mass is 248 g/mol. The average Bonchev–Trinajstić information content (AvgIpc) is 2.51. The summed E-state index contributed by atoms with van der Waals surface area (Å²) in [7, 11) is 5.75. The van der Waals surface area contributed by atoms with Gasteiger partial charge < -0.3 is 5.73 Å². The maximum absolute atomic E-state index is 12.4. The van der Waals surface area contributed by atoms with Crippen molar-refractivity contribution in [2.24, 2.45) is 5.73 Å². The van der Waals surface area contributed by atoms with Crippen LogP contribution in [0.2, 0.25) is 0 Å². The predicted octanol–water partition coefficient (Wildman–Crippen LogP) is 0.613. The minimum absolute atomic E-state index is 0.0619. The van der Waals surface area contributed by atoms with Gasteiger partial charge in [0.1, 0.15) is 5.69 Å². The van der Waals surface area contributed by atoms with Gasteiger partial charge in [-0.1, -0.05) is 18.2 Å². The summed E-state index contributed by atoms with van der Waals surface area (Å²) in [5.41, 5.74) is 6.98. The summed E-state index contributed by atoms with van der Waals surface area (Å²) in [6.07, 6.45) is 0.0619. The molecule has 1 aliphatic rings. The molecule has 0 aliphatic carbocycles. The number of carbonyl (C=O) groups excluding carboxylic acids is 2. The van der Waals surface area contributed by atoms with Crippen LogP contribution < -0.4 is 10.7 Å². The number of quaternary nitrogens is 1. The Hall–Kier alpha value is -1.88. The SMILES string of the molecule is C[N+](C)(C)N1C(=O)C(CC(N)=O)c2ccccc21. The van der Waals surface area contributed by atoms with E-state index < -0.39 is 11.8 Å². The topological polar surface area (TPSA) is 63.4 Å². The molecule has 1 aliphatic heterocycles. The first-order chi connectivity index (χ1) is 8.32. The zero-order chi connectivity index (χ0) is 13.5. The fourth-order valence-corrected chi connectivity index (χ4v) is 2.39. The van der Waals surface area contributed by atoms with E-state index in [0.29, 0.717) is 4.59 Å². The Bertz CT molecular complexity index is 505. The molecule has 1 heterocycles. The Morgan fingerprint density at radius 1 is 1.33 bits per heavy atom. The highest BCUT2D eigenvalue weighted by Crippen LogP contribution is 2.40. The number of hydrogen-bond acceptors (Lipinski definition) is 2. The smallest absolute Gasteiger partial charge is 0.281 e. The standard InChI is InChI=1S/C13H17N3O2/c1-16(2,3)15-11-7-5-4-6-9(11)10(13(15)18)8-12(14)17/h4-7,10H,8H2,1-3H3,(H-,14,17)/p+1. The van der Waals surface area contributed by atoms with Gasteiger partial charge in [0, 0.05) is 6.42 Å². The molecule has 1 unspecified atom stereocenters. The molecule has 0 radical (unpaired) electrons. The third kappa shape index (κ3) is 1.97. The van der Waals surface area contributed by atoms with E-state index in [2.05, 4.69) is 0 Å². The van der Waals surface area contributed by atoms with Gasteiger partial charge >= 0.3 is 0 Å². The van der Waals surface area contributed by atoms with Gasteiger partial charge in [0.2, 0.25) is 5.91 Å². The number of benzene rings is 1. The molecular formula is C13H18N3O2+. The first kappa shape index (κ1) is 12.6. The number of fused-ring (bicyclic) bond motifs is 1. The van der Waals surface area contributed by atoms with Crippen molar-refractivity contribution in [1.29, 1.82) is 0 Å². The minimum Gasteiger partial charge on any atom is -0.370 e. The normalized spacial score (nSPS) is 18.9. The lowest BCUT2D eigenvalue weighted by molar-refractivity contribution is -0.871. The number of primary amides is 1. The molecule has 0 spiro atoms. The van der Waals surface area contributed by atoms with Crippen molar-refractivity contribution < 1.29 is 14.2 Å². The number of nitrogens with two attached hydrogens (primary N) is 1. The molecule has 0 fully saturated rings. The van der Waals surface area contributed by atoms with E-state index in [-0.39, 0.29) is 12.3 Å². The summed E-state index contributed by atoms with van der Waals surface area (Å²) in [5, 5.41) is 1.70. The second kappa shape index (κ2) is 4.10. The Morgan fingerprint density at radius 3 is 2.50 bits per heavy atom. The Labute approximate surface area is 106 Å². The Morgan fingerprint density at radius 2 is 1.94 bits per heavy atom. The molecule has 0 bridgehead atoms. The van der Waals surface area contributed by atoms with Gasteiger partial charge in [-0.15, -0.1) is 0 Å². The molecule has 2 amide bonds. The fraction of sp³-hybridized carbons (Fsp3) is 0.385. The Kier molecular flexibility index (Phi) is 2.86. The van der Waals surface area contributed by atoms with E-state index in [1.165, 1.54) is 0 Å². The van der Waals surface area contributed by atoms with Gasteiger partial charge in [0.15, 0.2) is 0 Å². The molecule has 0 saturated heterocycles. The van der Waals surface area contributed by atoms with Crippen LogP contribution in [-0.2, 0) is 9.59 Å². The van der Waals surface area contributed by atoms with Crippen LogP contribution in [0.5, 0.6) is 0 Å². The van der Waals surface area contributed by atoms with E-state index in [1.54, 1.807) is 5.01 Å². The number of hydrogen-bond donors (Lipinski definition) is 1. The summed E-state index contributed by atoms with van der Waals surface area (Å²) < 4.78 is 0.366. The van der Waals surface area contributed by atoms with Crippen molar-refractivity contribution in [3.8, 4) is 0 Å². The minimum atomic E-state index is -0.452. The summed E-state index contributed by atoms with van der Waals surface area (Å²) in [5.74, 6) is -0.968. The zero-order valence-electron chi connectivity index (χ0n) is 10.9. The van der Waals surface area contributed by atoms with Crippen molar-refractivity contribution in [1.82, 2.24) is 0 Å². The quantitative estimate of drug-likeness (QED) is 0.797. The van der Waals surface area contributed by atoms with Gasteiger partial charge in [0.05, 0.1) is 27.1 Å². The predicted molar refractivity (Wildman–Crippen MR) is 68.5 cm³/mol. The van der Waals surface area contributed by atoms with E-state index >= 15 is 0 Å². The molecule has 0 saturated carbocycles. The summed E-state index contributed by atoms with van der Waals surface area (Å²) >= 11 is 0. The summed E-state index contributed by atoms with van der Waals surface area (Å²) in [4.78, 5) is 23.6. The van der Waals surface area contributed by atoms with Gasteiger partial charge in [0.25, 0.3) is 5.91 Å². The highest BCUT2D eigenvalue weighted by atomic mass is 16.2. The Balaban J connectivity index is 2.50. The van der Waals surface area contributed by atoms with E-state index in [4.69, 9.17) is 5.73 Å². The van der Waals surface area contributed by atoms with Gasteiger partial charge in [-0.3, -0.25) is 9.59 Å². The van der Waals surface area contributed by atoms with Crippen molar-refractivity contribution >= 4 is 17.5 Å². The van der Waals surface area contributed by atoms with Crippen LogP contribution in [-0.4, -0.2) is 37.5 Å². The second-order valence-electron chi connectivity index (χ2n) is 5.37. The first-order valence-corrected chi connectivity index (χ1v) is 5.85. The lowest BCUT2D eigenvalue weighted by atomic mass is 9.97. The molecule has 5 heteroatoms. The van der Waals surface area contributed by atoms with Crippen LogP contribution in [0.3, 0.4) is 0 Å². The van der Waals surface area contributed by atoms with E-state index in [9.17, 15) is 9.59 Å². The summed E-state index contributed by atoms with van der Waals surface area (Å²) in [6.45, 7) is 0. The molecule has 1 aromatic carbocycles. The molecular weight excluding hydrogens is 230 g/mol. The van der Waals surface area contributed by atoms with Crippen LogP contribution >= 0.6 is 0 Å². The van der Waals surface area contributed by atoms with E-state index in [0.717, 1.165) is 11.3 Å². The zero-order valence-corrected chi connectivity index (χ0v) is 10.9. The maximum atomic E-state index is 12.4. The van der Waals surface area contributed by atoms with Crippen LogP contribution in [0.25, 0.3) is 0 Å². The van der Waals surface area contributed by atoms with Crippen LogP contribution in [0.1, 0.15) is 17.9 Å². The molecule has 2 N–H and O–H groups in total. The van der Waals surface area contributed by atoms with Crippen molar-refractivity contribution in [3.63, 3.8) is 0 Å². The number of carbonyl (C=O) groups is 2. The highest BCUT2D eigenvalue weighted by molar-refractivity contribution is 6.05.